The number of hydrogen-bond acceptors (Lipinski definition) is 3. The number of benzene rings is 8. The predicted molar refractivity (Wildman–Crippen MR) is 204 cm³/mol. The Bertz CT molecular complexity index is 2810. The third-order valence-electron chi connectivity index (χ3n) is 9.66. The van der Waals surface area contributed by atoms with Crippen LogP contribution >= 0.6 is 0 Å². The molecular weight excluding hydrogens is 599 g/mol. The molecule has 0 atom stereocenters. The van der Waals surface area contributed by atoms with E-state index < -0.39 is 0 Å². The van der Waals surface area contributed by atoms with Crippen LogP contribution in [0.1, 0.15) is 0 Å². The van der Waals surface area contributed by atoms with E-state index in [2.05, 4.69) is 169 Å². The van der Waals surface area contributed by atoms with Gasteiger partial charge >= 0.3 is 0 Å². The lowest BCUT2D eigenvalue weighted by molar-refractivity contribution is 0.668. The highest BCUT2D eigenvalue weighted by Gasteiger charge is 2.19. The zero-order chi connectivity index (χ0) is 32.3. The monoisotopic (exact) mass is 627 g/mol. The molecule has 0 saturated heterocycles. The third-order valence-corrected chi connectivity index (χ3v) is 9.66. The number of furan rings is 2. The van der Waals surface area contributed by atoms with Gasteiger partial charge in [-0.15, -0.1) is 0 Å². The Hall–Kier alpha value is -6.58. The minimum absolute atomic E-state index is 0.849. The van der Waals surface area contributed by atoms with Crippen LogP contribution in [-0.2, 0) is 0 Å². The Morgan fingerprint density at radius 3 is 1.51 bits per heavy atom. The lowest BCUT2D eigenvalue weighted by Crippen LogP contribution is -2.10. The van der Waals surface area contributed by atoms with Gasteiger partial charge in [0.15, 0.2) is 0 Å². The zero-order valence-electron chi connectivity index (χ0n) is 26.5. The number of rotatable bonds is 5. The highest BCUT2D eigenvalue weighted by Crippen LogP contribution is 2.43. The molecule has 49 heavy (non-hydrogen) atoms. The molecule has 0 bridgehead atoms. The van der Waals surface area contributed by atoms with Crippen LogP contribution in [0, 0.1) is 0 Å². The summed E-state index contributed by atoms with van der Waals surface area (Å²) in [5, 5.41) is 6.81. The van der Waals surface area contributed by atoms with Crippen molar-refractivity contribution >= 4 is 71.7 Å². The molecule has 2 heterocycles. The van der Waals surface area contributed by atoms with Gasteiger partial charge in [0.25, 0.3) is 0 Å². The lowest BCUT2D eigenvalue weighted by atomic mass is 9.99. The number of nitrogens with zero attached hydrogens (tertiary/aromatic N) is 1. The van der Waals surface area contributed by atoms with Gasteiger partial charge in [0.1, 0.15) is 22.3 Å². The molecule has 0 unspecified atom stereocenters. The first kappa shape index (κ1) is 27.5. The summed E-state index contributed by atoms with van der Waals surface area (Å²) in [5.41, 5.74) is 11.4. The van der Waals surface area contributed by atoms with Crippen molar-refractivity contribution in [1.29, 1.82) is 0 Å². The Morgan fingerprint density at radius 1 is 0.286 bits per heavy atom. The molecule has 0 aliphatic rings. The average Bonchev–Trinajstić information content (AvgIpc) is 3.74. The van der Waals surface area contributed by atoms with Crippen LogP contribution in [0.25, 0.3) is 76.9 Å². The lowest BCUT2D eigenvalue weighted by Gasteiger charge is -2.26. The largest absolute Gasteiger partial charge is 0.456 e. The van der Waals surface area contributed by atoms with Gasteiger partial charge in [0.05, 0.1) is 0 Å². The fourth-order valence-electron chi connectivity index (χ4n) is 7.37. The molecule has 0 fully saturated rings. The van der Waals surface area contributed by atoms with Crippen molar-refractivity contribution in [1.82, 2.24) is 0 Å². The van der Waals surface area contributed by atoms with Gasteiger partial charge in [-0.2, -0.15) is 0 Å². The van der Waals surface area contributed by atoms with Gasteiger partial charge in [-0.25, -0.2) is 0 Å². The second kappa shape index (κ2) is 11.0. The number of para-hydroxylation sites is 1. The second-order valence-corrected chi connectivity index (χ2v) is 12.5. The number of anilines is 3. The fourth-order valence-corrected chi connectivity index (χ4v) is 7.37. The van der Waals surface area contributed by atoms with E-state index in [0.29, 0.717) is 0 Å². The molecule has 3 nitrogen and oxygen atoms in total. The quantitative estimate of drug-likeness (QED) is 0.190. The normalized spacial score (nSPS) is 11.7. The molecule has 0 aliphatic carbocycles. The van der Waals surface area contributed by atoms with Crippen LogP contribution in [0.2, 0.25) is 0 Å². The van der Waals surface area contributed by atoms with Crippen molar-refractivity contribution < 1.29 is 8.83 Å². The topological polar surface area (TPSA) is 29.5 Å². The summed E-state index contributed by atoms with van der Waals surface area (Å²) < 4.78 is 12.8. The van der Waals surface area contributed by atoms with E-state index in [-0.39, 0.29) is 0 Å². The highest BCUT2D eigenvalue weighted by atomic mass is 16.3. The molecule has 8 aromatic carbocycles. The van der Waals surface area contributed by atoms with Gasteiger partial charge < -0.3 is 13.7 Å². The summed E-state index contributed by atoms with van der Waals surface area (Å²) in [6, 6.07) is 62.0. The van der Waals surface area contributed by atoms with Gasteiger partial charge in [-0.3, -0.25) is 0 Å². The maximum absolute atomic E-state index is 6.62. The van der Waals surface area contributed by atoms with E-state index in [0.717, 1.165) is 66.3 Å². The molecule has 0 spiro atoms. The molecule has 0 aliphatic heterocycles. The van der Waals surface area contributed by atoms with Crippen molar-refractivity contribution in [3.63, 3.8) is 0 Å². The van der Waals surface area contributed by atoms with Crippen LogP contribution in [-0.4, -0.2) is 0 Å². The van der Waals surface area contributed by atoms with E-state index in [4.69, 9.17) is 8.83 Å². The number of hydrogen-bond donors (Lipinski definition) is 0. The summed E-state index contributed by atoms with van der Waals surface area (Å²) in [7, 11) is 0. The second-order valence-electron chi connectivity index (χ2n) is 12.5. The Labute approximate surface area is 282 Å². The van der Waals surface area contributed by atoms with Crippen molar-refractivity contribution in [2.75, 3.05) is 4.90 Å². The van der Waals surface area contributed by atoms with E-state index >= 15 is 0 Å². The van der Waals surface area contributed by atoms with E-state index in [1.807, 2.05) is 12.1 Å². The summed E-state index contributed by atoms with van der Waals surface area (Å²) in [5.74, 6) is 0. The summed E-state index contributed by atoms with van der Waals surface area (Å²) in [4.78, 5) is 2.31. The van der Waals surface area contributed by atoms with Crippen LogP contribution in [0.5, 0.6) is 0 Å². The zero-order valence-corrected chi connectivity index (χ0v) is 26.5. The molecule has 2 aromatic heterocycles. The first-order chi connectivity index (χ1) is 24.3. The van der Waals surface area contributed by atoms with Crippen molar-refractivity contribution in [3.8, 4) is 22.3 Å². The SMILES string of the molecule is c1ccc(-c2ccc(N(c3cccc(-c4ccccc4)c3)c3ccc4c(c3)oc3ccc5c(ccc6oc7ccccc7c65)c34)cc2)cc1. The van der Waals surface area contributed by atoms with Crippen molar-refractivity contribution in [2.45, 2.75) is 0 Å². The maximum atomic E-state index is 6.62. The van der Waals surface area contributed by atoms with Crippen LogP contribution in [0.15, 0.2) is 185 Å². The molecule has 230 valence electrons. The highest BCUT2D eigenvalue weighted by molar-refractivity contribution is 6.27. The predicted octanol–water partition coefficient (Wildman–Crippen LogP) is 13.4. The molecule has 0 N–H and O–H groups in total. The summed E-state index contributed by atoms with van der Waals surface area (Å²) >= 11 is 0. The van der Waals surface area contributed by atoms with E-state index in [1.54, 1.807) is 0 Å². The first-order valence-corrected chi connectivity index (χ1v) is 16.6. The Kier molecular flexibility index (Phi) is 6.18. The Morgan fingerprint density at radius 2 is 0.796 bits per heavy atom. The standard InChI is InChI=1S/C46H29NO2/c1-3-10-30(11-4-1)32-18-20-34(21-19-32)47(35-15-9-14-33(28-35)31-12-5-2-6-13-31)36-22-23-40-44(29-36)49-43-27-25-37-38(46(40)43)24-26-42-45(37)39-16-7-8-17-41(39)48-42/h1-29H. The summed E-state index contributed by atoms with van der Waals surface area (Å²) in [6.07, 6.45) is 0. The summed E-state index contributed by atoms with van der Waals surface area (Å²) in [6.45, 7) is 0. The molecular formula is C46H29NO2. The average molecular weight is 628 g/mol. The third kappa shape index (κ3) is 4.51. The van der Waals surface area contributed by atoms with Crippen molar-refractivity contribution in [3.05, 3.63) is 176 Å². The smallest absolute Gasteiger partial charge is 0.137 e. The van der Waals surface area contributed by atoms with Crippen LogP contribution in [0.3, 0.4) is 0 Å². The molecule has 0 amide bonds. The van der Waals surface area contributed by atoms with Gasteiger partial charge in [0, 0.05) is 44.7 Å². The van der Waals surface area contributed by atoms with Gasteiger partial charge in [-0.1, -0.05) is 103 Å². The Balaban J connectivity index is 1.15. The fraction of sp³-hybridized carbons (Fsp3) is 0. The molecule has 3 heteroatoms. The van der Waals surface area contributed by atoms with Crippen LogP contribution < -0.4 is 4.90 Å². The first-order valence-electron chi connectivity index (χ1n) is 16.6. The maximum Gasteiger partial charge on any atom is 0.137 e. The van der Waals surface area contributed by atoms with E-state index in [9.17, 15) is 0 Å². The molecule has 10 aromatic rings. The molecule has 10 rings (SSSR count). The van der Waals surface area contributed by atoms with Crippen molar-refractivity contribution in [2.24, 2.45) is 0 Å². The molecule has 0 saturated carbocycles. The van der Waals surface area contributed by atoms with E-state index in [1.165, 1.54) is 27.6 Å². The molecule has 0 radical (unpaired) electrons. The van der Waals surface area contributed by atoms with Crippen LogP contribution in [0.4, 0.5) is 17.1 Å². The van der Waals surface area contributed by atoms with Gasteiger partial charge in [-0.05, 0) is 99.8 Å². The minimum Gasteiger partial charge on any atom is -0.456 e. The minimum atomic E-state index is 0.849. The van der Waals surface area contributed by atoms with Gasteiger partial charge in [0.2, 0.25) is 0 Å². The number of fused-ring (bicyclic) bond motifs is 9.